The fraction of sp³-hybridized carbons (Fsp3) is 0.111. The molecule has 1 heterocycles. The molecule has 2 nitrogen and oxygen atoms in total. The predicted octanol–water partition coefficient (Wildman–Crippen LogP) is 1.46. The Balaban J connectivity index is 3.32. The quantitative estimate of drug-likeness (QED) is 0.663. The van der Waals surface area contributed by atoms with Gasteiger partial charge in [-0.15, -0.1) is 0 Å². The molecule has 0 spiro atoms. The van der Waals surface area contributed by atoms with E-state index in [0.717, 1.165) is 0 Å². The monoisotopic (exact) mass is 214 g/mol. The lowest BCUT2D eigenvalue weighted by Gasteiger charge is -1.89. The highest BCUT2D eigenvalue weighted by atomic mass is 35.5. The number of hydrogen-bond donors (Lipinski definition) is 0. The minimum absolute atomic E-state index is 0.363. The van der Waals surface area contributed by atoms with Crippen LogP contribution in [0.15, 0.2) is 17.4 Å². The Hall–Kier alpha value is -0.860. The van der Waals surface area contributed by atoms with E-state index in [2.05, 4.69) is 16.5 Å². The standard InChI is InChI=1S/C9H8Cl2N2/c1-6(10)3-4-8-7(2)9(11)13-5-12-8/h3-5H,2H2,1H3/b6-3+,8-4+. The van der Waals surface area contributed by atoms with Crippen molar-refractivity contribution in [2.45, 2.75) is 6.92 Å². The van der Waals surface area contributed by atoms with Crippen molar-refractivity contribution in [2.75, 3.05) is 0 Å². The minimum atomic E-state index is 0.363. The van der Waals surface area contributed by atoms with Crippen LogP contribution in [0.3, 0.4) is 0 Å². The Labute approximate surface area is 86.2 Å². The molecule has 0 aliphatic rings. The molecule has 0 aliphatic carbocycles. The van der Waals surface area contributed by atoms with Crippen LogP contribution in [0.4, 0.5) is 0 Å². The van der Waals surface area contributed by atoms with Crippen LogP contribution < -0.4 is 10.6 Å². The first-order chi connectivity index (χ1) is 6.11. The van der Waals surface area contributed by atoms with Crippen LogP contribution in [0.25, 0.3) is 12.7 Å². The summed E-state index contributed by atoms with van der Waals surface area (Å²) < 4.78 is 0. The maximum absolute atomic E-state index is 5.74. The minimum Gasteiger partial charge on any atom is -0.236 e. The van der Waals surface area contributed by atoms with E-state index >= 15 is 0 Å². The summed E-state index contributed by atoms with van der Waals surface area (Å²) in [5.41, 5.74) is 0. The molecule has 0 aliphatic heterocycles. The van der Waals surface area contributed by atoms with Crippen LogP contribution in [0.5, 0.6) is 0 Å². The summed E-state index contributed by atoms with van der Waals surface area (Å²) in [5, 5.41) is 2.33. The topological polar surface area (TPSA) is 25.8 Å². The van der Waals surface area contributed by atoms with Crippen molar-refractivity contribution in [2.24, 2.45) is 0 Å². The summed E-state index contributed by atoms with van der Waals surface area (Å²) >= 11 is 11.4. The van der Waals surface area contributed by atoms with E-state index in [1.165, 1.54) is 6.33 Å². The van der Waals surface area contributed by atoms with Gasteiger partial charge < -0.3 is 0 Å². The van der Waals surface area contributed by atoms with Gasteiger partial charge in [0.1, 0.15) is 11.5 Å². The molecule has 0 amide bonds. The second-order valence-electron chi connectivity index (χ2n) is 2.45. The highest BCUT2D eigenvalue weighted by Crippen LogP contribution is 1.96. The zero-order chi connectivity index (χ0) is 9.84. The summed E-state index contributed by atoms with van der Waals surface area (Å²) in [6.45, 7) is 5.52. The Bertz CT molecular complexity index is 433. The van der Waals surface area contributed by atoms with Gasteiger partial charge in [0.05, 0.1) is 5.35 Å². The summed E-state index contributed by atoms with van der Waals surface area (Å²) in [7, 11) is 0. The molecule has 1 aromatic heterocycles. The third-order valence-corrected chi connectivity index (χ3v) is 1.85. The van der Waals surface area contributed by atoms with Crippen LogP contribution in [0.2, 0.25) is 5.15 Å². The zero-order valence-electron chi connectivity index (χ0n) is 7.09. The number of hydrogen-bond acceptors (Lipinski definition) is 2. The Morgan fingerprint density at radius 3 is 2.85 bits per heavy atom. The molecule has 1 aromatic rings. The van der Waals surface area contributed by atoms with Crippen molar-refractivity contribution in [3.05, 3.63) is 33.2 Å². The van der Waals surface area contributed by atoms with E-state index in [-0.39, 0.29) is 0 Å². The lowest BCUT2D eigenvalue weighted by atomic mass is 10.4. The molecule has 0 unspecified atom stereocenters. The molecule has 68 valence electrons. The van der Waals surface area contributed by atoms with Crippen LogP contribution in [0, 0.1) is 0 Å². The fourth-order valence-corrected chi connectivity index (χ4v) is 0.944. The summed E-state index contributed by atoms with van der Waals surface area (Å²) in [6, 6.07) is 0. The molecule has 0 bridgehead atoms. The van der Waals surface area contributed by atoms with Gasteiger partial charge in [0.25, 0.3) is 0 Å². The summed E-state index contributed by atoms with van der Waals surface area (Å²) in [6.07, 6.45) is 4.87. The molecule has 0 radical (unpaired) electrons. The van der Waals surface area contributed by atoms with Gasteiger partial charge >= 0.3 is 0 Å². The van der Waals surface area contributed by atoms with E-state index in [1.54, 1.807) is 19.1 Å². The fourth-order valence-electron chi connectivity index (χ4n) is 0.741. The van der Waals surface area contributed by atoms with E-state index in [4.69, 9.17) is 23.2 Å². The van der Waals surface area contributed by atoms with Crippen molar-refractivity contribution in [3.63, 3.8) is 0 Å². The maximum Gasteiger partial charge on any atom is 0.139 e. The van der Waals surface area contributed by atoms with E-state index < -0.39 is 0 Å². The van der Waals surface area contributed by atoms with Gasteiger partial charge in [-0.2, -0.15) is 0 Å². The number of allylic oxidation sites excluding steroid dienone is 2. The van der Waals surface area contributed by atoms with Crippen LogP contribution >= 0.6 is 23.2 Å². The van der Waals surface area contributed by atoms with Gasteiger partial charge in [-0.25, -0.2) is 9.97 Å². The van der Waals surface area contributed by atoms with Crippen LogP contribution in [0.1, 0.15) is 6.92 Å². The summed E-state index contributed by atoms with van der Waals surface area (Å²) in [5.74, 6) is 0. The first-order valence-electron chi connectivity index (χ1n) is 3.61. The molecular weight excluding hydrogens is 207 g/mol. The smallest absolute Gasteiger partial charge is 0.139 e. The molecular formula is C9H8Cl2N2. The molecule has 0 atom stereocenters. The third kappa shape index (κ3) is 2.83. The largest absolute Gasteiger partial charge is 0.236 e. The van der Waals surface area contributed by atoms with Crippen molar-refractivity contribution in [3.8, 4) is 0 Å². The molecule has 1 rings (SSSR count). The van der Waals surface area contributed by atoms with Gasteiger partial charge in [-0.3, -0.25) is 0 Å². The number of halogens is 2. The Morgan fingerprint density at radius 1 is 1.54 bits per heavy atom. The zero-order valence-corrected chi connectivity index (χ0v) is 8.60. The van der Waals surface area contributed by atoms with E-state index in [9.17, 15) is 0 Å². The average molecular weight is 215 g/mol. The highest BCUT2D eigenvalue weighted by molar-refractivity contribution is 6.29. The molecule has 4 heteroatoms. The number of nitrogens with zero attached hydrogens (tertiary/aromatic N) is 2. The molecule has 0 fully saturated rings. The lowest BCUT2D eigenvalue weighted by Crippen LogP contribution is -2.28. The Kier molecular flexibility index (Phi) is 3.46. The third-order valence-electron chi connectivity index (χ3n) is 1.40. The molecule has 0 saturated heterocycles. The summed E-state index contributed by atoms with van der Waals surface area (Å²) in [4.78, 5) is 7.78. The molecule has 13 heavy (non-hydrogen) atoms. The van der Waals surface area contributed by atoms with Gasteiger partial charge in [-0.05, 0) is 19.1 Å². The van der Waals surface area contributed by atoms with Gasteiger partial charge in [0.2, 0.25) is 0 Å². The molecule has 0 saturated carbocycles. The lowest BCUT2D eigenvalue weighted by molar-refractivity contribution is 1.10. The SMILES string of the molecule is C=c1c(Cl)ncn/c1=C/C=C(\C)Cl. The van der Waals surface area contributed by atoms with Crippen molar-refractivity contribution in [1.29, 1.82) is 0 Å². The highest BCUT2D eigenvalue weighted by Gasteiger charge is 1.90. The van der Waals surface area contributed by atoms with Gasteiger partial charge in [0.15, 0.2) is 0 Å². The van der Waals surface area contributed by atoms with Crippen LogP contribution in [-0.2, 0) is 0 Å². The molecule has 0 N–H and O–H groups in total. The number of aromatic nitrogens is 2. The second kappa shape index (κ2) is 4.40. The Morgan fingerprint density at radius 2 is 2.23 bits per heavy atom. The van der Waals surface area contributed by atoms with Crippen molar-refractivity contribution >= 4 is 35.9 Å². The first kappa shape index (κ1) is 10.2. The van der Waals surface area contributed by atoms with Gasteiger partial charge in [0, 0.05) is 10.3 Å². The molecule has 0 aromatic carbocycles. The predicted molar refractivity (Wildman–Crippen MR) is 55.9 cm³/mol. The van der Waals surface area contributed by atoms with Gasteiger partial charge in [-0.1, -0.05) is 29.8 Å². The van der Waals surface area contributed by atoms with E-state index in [1.807, 2.05) is 0 Å². The van der Waals surface area contributed by atoms with Crippen molar-refractivity contribution in [1.82, 2.24) is 9.97 Å². The van der Waals surface area contributed by atoms with Crippen LogP contribution in [-0.4, -0.2) is 9.97 Å². The second-order valence-corrected chi connectivity index (χ2v) is 3.40. The first-order valence-corrected chi connectivity index (χ1v) is 4.36. The van der Waals surface area contributed by atoms with Crippen molar-refractivity contribution < 1.29 is 0 Å². The van der Waals surface area contributed by atoms with E-state index in [0.29, 0.717) is 20.8 Å². The average Bonchev–Trinajstić information content (AvgIpc) is 2.07. The normalized spacial score (nSPS) is 13.5. The number of rotatable bonds is 1. The maximum atomic E-state index is 5.74.